The lowest BCUT2D eigenvalue weighted by atomic mass is 9.92. The Morgan fingerprint density at radius 2 is 2.06 bits per heavy atom. The highest BCUT2D eigenvalue weighted by molar-refractivity contribution is 5.00. The molecule has 100 valence electrons. The fourth-order valence-corrected chi connectivity index (χ4v) is 3.87. The average molecular weight is 239 g/mol. The molecule has 3 nitrogen and oxygen atoms in total. The van der Waals surface area contributed by atoms with E-state index in [9.17, 15) is 0 Å². The zero-order chi connectivity index (χ0) is 12.5. The molecule has 0 spiro atoms. The second-order valence-corrected chi connectivity index (χ2v) is 6.20. The zero-order valence-electron chi connectivity index (χ0n) is 11.8. The molecule has 1 aliphatic carbocycles. The van der Waals surface area contributed by atoms with Gasteiger partial charge in [0.15, 0.2) is 0 Å². The van der Waals surface area contributed by atoms with Crippen LogP contribution in [0.1, 0.15) is 40.0 Å². The van der Waals surface area contributed by atoms with E-state index >= 15 is 0 Å². The van der Waals surface area contributed by atoms with Crippen LogP contribution in [-0.4, -0.2) is 54.1 Å². The fraction of sp³-hybridized carbons (Fsp3) is 1.00. The monoisotopic (exact) mass is 239 g/mol. The molecule has 0 aromatic heterocycles. The van der Waals surface area contributed by atoms with Crippen LogP contribution in [0.15, 0.2) is 0 Å². The molecule has 0 amide bonds. The van der Waals surface area contributed by atoms with Crippen LogP contribution >= 0.6 is 0 Å². The van der Waals surface area contributed by atoms with Gasteiger partial charge in [-0.25, -0.2) is 0 Å². The third-order valence-electron chi connectivity index (χ3n) is 5.05. The smallest absolute Gasteiger partial charge is 0.0335 e. The predicted octanol–water partition coefficient (Wildman–Crippen LogP) is 1.53. The number of rotatable bonds is 3. The summed E-state index contributed by atoms with van der Waals surface area (Å²) in [5.41, 5.74) is 6.45. The van der Waals surface area contributed by atoms with Crippen molar-refractivity contribution in [2.24, 2.45) is 11.7 Å². The van der Waals surface area contributed by atoms with Crippen molar-refractivity contribution in [3.63, 3.8) is 0 Å². The van der Waals surface area contributed by atoms with Crippen molar-refractivity contribution in [1.29, 1.82) is 0 Å². The van der Waals surface area contributed by atoms with Crippen molar-refractivity contribution < 1.29 is 0 Å². The van der Waals surface area contributed by atoms with Crippen molar-refractivity contribution in [2.45, 2.75) is 51.6 Å². The van der Waals surface area contributed by atoms with Crippen LogP contribution in [0.2, 0.25) is 0 Å². The zero-order valence-corrected chi connectivity index (χ0v) is 11.8. The van der Waals surface area contributed by atoms with Gasteiger partial charge in [0.05, 0.1) is 0 Å². The molecule has 3 unspecified atom stereocenters. The lowest BCUT2D eigenvalue weighted by Gasteiger charge is -2.48. The highest BCUT2D eigenvalue weighted by Gasteiger charge is 2.43. The molecule has 17 heavy (non-hydrogen) atoms. The molecular formula is C14H29N3. The summed E-state index contributed by atoms with van der Waals surface area (Å²) < 4.78 is 0. The maximum Gasteiger partial charge on any atom is 0.0335 e. The molecule has 0 bridgehead atoms. The van der Waals surface area contributed by atoms with Crippen LogP contribution in [0, 0.1) is 5.92 Å². The standard InChI is InChI=1S/C14H29N3/c1-4-16-7-8-17(10-13(16)3)14(11-15)6-5-12(2)9-14/h12-13H,4-11,15H2,1-3H3. The summed E-state index contributed by atoms with van der Waals surface area (Å²) in [7, 11) is 0. The van der Waals surface area contributed by atoms with Crippen molar-refractivity contribution in [3.8, 4) is 0 Å². The molecule has 1 saturated heterocycles. The van der Waals surface area contributed by atoms with E-state index in [1.165, 1.54) is 45.4 Å². The van der Waals surface area contributed by atoms with Crippen LogP contribution < -0.4 is 5.73 Å². The molecule has 2 fully saturated rings. The first kappa shape index (κ1) is 13.3. The van der Waals surface area contributed by atoms with Gasteiger partial charge >= 0.3 is 0 Å². The minimum Gasteiger partial charge on any atom is -0.329 e. The minimum absolute atomic E-state index is 0.327. The van der Waals surface area contributed by atoms with Crippen LogP contribution in [-0.2, 0) is 0 Å². The Hall–Kier alpha value is -0.120. The van der Waals surface area contributed by atoms with Gasteiger partial charge in [-0.1, -0.05) is 13.8 Å². The van der Waals surface area contributed by atoms with Crippen LogP contribution in [0.4, 0.5) is 0 Å². The van der Waals surface area contributed by atoms with Gasteiger partial charge in [-0.3, -0.25) is 9.80 Å². The van der Waals surface area contributed by atoms with E-state index in [4.69, 9.17) is 5.73 Å². The Kier molecular flexibility index (Phi) is 4.11. The molecule has 2 aliphatic rings. The molecule has 0 radical (unpaired) electrons. The number of nitrogens with zero attached hydrogens (tertiary/aromatic N) is 2. The summed E-state index contributed by atoms with van der Waals surface area (Å²) in [5.74, 6) is 0.859. The first-order valence-electron chi connectivity index (χ1n) is 7.30. The summed E-state index contributed by atoms with van der Waals surface area (Å²) >= 11 is 0. The molecule has 3 heteroatoms. The van der Waals surface area contributed by atoms with E-state index in [0.29, 0.717) is 11.6 Å². The van der Waals surface area contributed by atoms with Crippen molar-refractivity contribution in [2.75, 3.05) is 32.7 Å². The average Bonchev–Trinajstić information content (AvgIpc) is 2.72. The molecule has 1 aliphatic heterocycles. The number of likely N-dealkylation sites (N-methyl/N-ethyl adjacent to an activating group) is 1. The van der Waals surface area contributed by atoms with Crippen LogP contribution in [0.25, 0.3) is 0 Å². The molecule has 0 aromatic rings. The SMILES string of the molecule is CCN1CCN(C2(CN)CCC(C)C2)CC1C. The molecule has 3 atom stereocenters. The van der Waals surface area contributed by atoms with Gasteiger partial charge in [-0.2, -0.15) is 0 Å². The quantitative estimate of drug-likeness (QED) is 0.811. The molecule has 2 N–H and O–H groups in total. The van der Waals surface area contributed by atoms with Crippen molar-refractivity contribution in [3.05, 3.63) is 0 Å². The van der Waals surface area contributed by atoms with Gasteiger partial charge in [0.1, 0.15) is 0 Å². The predicted molar refractivity (Wildman–Crippen MR) is 73.1 cm³/mol. The van der Waals surface area contributed by atoms with E-state index < -0.39 is 0 Å². The Labute approximate surface area is 106 Å². The van der Waals surface area contributed by atoms with Gasteiger partial charge in [0.2, 0.25) is 0 Å². The van der Waals surface area contributed by atoms with Crippen molar-refractivity contribution >= 4 is 0 Å². The van der Waals surface area contributed by atoms with Gasteiger partial charge in [-0.05, 0) is 38.6 Å². The maximum absolute atomic E-state index is 6.12. The fourth-order valence-electron chi connectivity index (χ4n) is 3.87. The number of piperazine rings is 1. The maximum atomic E-state index is 6.12. The molecule has 1 heterocycles. The van der Waals surface area contributed by atoms with Crippen LogP contribution in [0.3, 0.4) is 0 Å². The molecule has 0 aromatic carbocycles. The van der Waals surface area contributed by atoms with E-state index in [1.54, 1.807) is 0 Å². The molecule has 2 rings (SSSR count). The topological polar surface area (TPSA) is 32.5 Å². The van der Waals surface area contributed by atoms with Crippen LogP contribution in [0.5, 0.6) is 0 Å². The Bertz CT molecular complexity index is 256. The number of hydrogen-bond donors (Lipinski definition) is 1. The third-order valence-corrected chi connectivity index (χ3v) is 5.05. The lowest BCUT2D eigenvalue weighted by Crippen LogP contribution is -2.61. The summed E-state index contributed by atoms with van der Waals surface area (Å²) in [6.07, 6.45) is 3.98. The Balaban J connectivity index is 2.02. The number of nitrogens with two attached hydrogens (primary N) is 1. The summed E-state index contributed by atoms with van der Waals surface area (Å²) in [6.45, 7) is 12.7. The second-order valence-electron chi connectivity index (χ2n) is 6.20. The van der Waals surface area contributed by atoms with Gasteiger partial charge in [0.25, 0.3) is 0 Å². The van der Waals surface area contributed by atoms with E-state index in [1.807, 2.05) is 0 Å². The lowest BCUT2D eigenvalue weighted by molar-refractivity contribution is 0.0113. The Morgan fingerprint density at radius 3 is 2.53 bits per heavy atom. The minimum atomic E-state index is 0.327. The van der Waals surface area contributed by atoms with E-state index in [-0.39, 0.29) is 0 Å². The highest BCUT2D eigenvalue weighted by Crippen LogP contribution is 2.39. The second kappa shape index (κ2) is 5.25. The summed E-state index contributed by atoms with van der Waals surface area (Å²) in [6, 6.07) is 0.688. The first-order valence-corrected chi connectivity index (χ1v) is 7.30. The van der Waals surface area contributed by atoms with E-state index in [2.05, 4.69) is 30.6 Å². The molecule has 1 saturated carbocycles. The highest BCUT2D eigenvalue weighted by atomic mass is 15.3. The van der Waals surface area contributed by atoms with Crippen molar-refractivity contribution in [1.82, 2.24) is 9.80 Å². The first-order chi connectivity index (χ1) is 8.11. The van der Waals surface area contributed by atoms with Gasteiger partial charge < -0.3 is 5.73 Å². The van der Waals surface area contributed by atoms with E-state index in [0.717, 1.165) is 12.5 Å². The third kappa shape index (κ3) is 2.51. The van der Waals surface area contributed by atoms with Gasteiger partial charge in [-0.15, -0.1) is 0 Å². The normalized spacial score (nSPS) is 40.9. The summed E-state index contributed by atoms with van der Waals surface area (Å²) in [4.78, 5) is 5.28. The molecular weight excluding hydrogens is 210 g/mol. The van der Waals surface area contributed by atoms with Gasteiger partial charge in [0, 0.05) is 37.8 Å². The number of hydrogen-bond acceptors (Lipinski definition) is 3. The largest absolute Gasteiger partial charge is 0.329 e. The summed E-state index contributed by atoms with van der Waals surface area (Å²) in [5, 5.41) is 0. The Morgan fingerprint density at radius 1 is 1.29 bits per heavy atom.